The van der Waals surface area contributed by atoms with Crippen LogP contribution in [0.2, 0.25) is 0 Å². The predicted octanol–water partition coefficient (Wildman–Crippen LogP) is 4.93. The number of ether oxygens (including phenoxy) is 2. The first kappa shape index (κ1) is 21.2. The number of methoxy groups -OCH3 is 2. The van der Waals surface area contributed by atoms with Gasteiger partial charge in [0.15, 0.2) is 11.6 Å². The summed E-state index contributed by atoms with van der Waals surface area (Å²) in [5, 5.41) is 8.33. The van der Waals surface area contributed by atoms with Gasteiger partial charge in [0.25, 0.3) is 0 Å². The molecule has 0 saturated heterocycles. The molecule has 0 amide bonds. The number of aromatic nitrogens is 3. The third-order valence-electron chi connectivity index (χ3n) is 6.45. The van der Waals surface area contributed by atoms with Crippen molar-refractivity contribution in [2.75, 3.05) is 19.5 Å². The lowest BCUT2D eigenvalue weighted by Crippen LogP contribution is -2.36. The average molecular weight is 445 g/mol. The molecule has 1 aliphatic heterocycles. The van der Waals surface area contributed by atoms with Crippen molar-refractivity contribution in [3.63, 3.8) is 0 Å². The molecule has 1 aromatic heterocycles. The number of Topliss-reactive ketones (excluding diaryl/α,β-unsaturated/α-hetero) is 1. The van der Waals surface area contributed by atoms with E-state index >= 15 is 0 Å². The summed E-state index contributed by atoms with van der Waals surface area (Å²) in [5.74, 6) is 2.71. The van der Waals surface area contributed by atoms with Crippen molar-refractivity contribution < 1.29 is 14.3 Å². The zero-order chi connectivity index (χ0) is 23.3. The van der Waals surface area contributed by atoms with Crippen LogP contribution in [0.3, 0.4) is 0 Å². The number of fused-ring (bicyclic) bond motifs is 1. The van der Waals surface area contributed by atoms with Crippen LogP contribution >= 0.6 is 0 Å². The van der Waals surface area contributed by atoms with Crippen LogP contribution < -0.4 is 14.8 Å². The number of carbonyl (C=O) groups is 1. The van der Waals surface area contributed by atoms with Gasteiger partial charge in [-0.25, -0.2) is 4.68 Å². The van der Waals surface area contributed by atoms with Crippen LogP contribution in [0.25, 0.3) is 11.4 Å². The Morgan fingerprint density at radius 2 is 1.88 bits per heavy atom. The van der Waals surface area contributed by atoms with Gasteiger partial charge in [-0.1, -0.05) is 38.1 Å². The molecular formula is C26H28N4O3. The predicted molar refractivity (Wildman–Crippen MR) is 127 cm³/mol. The lowest BCUT2D eigenvalue weighted by molar-refractivity contribution is -0.118. The topological polar surface area (TPSA) is 78.3 Å². The maximum Gasteiger partial charge on any atom is 0.226 e. The minimum atomic E-state index is -0.463. The Balaban J connectivity index is 1.75. The normalized spacial score (nSPS) is 18.9. The number of rotatable bonds is 4. The van der Waals surface area contributed by atoms with E-state index < -0.39 is 6.04 Å². The van der Waals surface area contributed by atoms with E-state index in [1.54, 1.807) is 14.2 Å². The number of nitrogens with one attached hydrogen (secondary N) is 1. The molecule has 0 spiro atoms. The van der Waals surface area contributed by atoms with E-state index in [-0.39, 0.29) is 11.2 Å². The molecule has 0 radical (unpaired) electrons. The summed E-state index contributed by atoms with van der Waals surface area (Å²) in [6.07, 6.45) is 1.23. The molecule has 0 fully saturated rings. The second-order valence-electron chi connectivity index (χ2n) is 9.49. The Morgan fingerprint density at radius 3 is 2.61 bits per heavy atom. The highest BCUT2D eigenvalue weighted by atomic mass is 16.5. The van der Waals surface area contributed by atoms with Crippen molar-refractivity contribution in [1.29, 1.82) is 0 Å². The fourth-order valence-corrected chi connectivity index (χ4v) is 4.89. The van der Waals surface area contributed by atoms with E-state index in [0.717, 1.165) is 34.4 Å². The molecule has 1 N–H and O–H groups in total. The molecule has 2 heterocycles. The maximum absolute atomic E-state index is 13.5. The quantitative estimate of drug-likeness (QED) is 0.615. The lowest BCUT2D eigenvalue weighted by Gasteiger charge is -2.38. The molecule has 170 valence electrons. The van der Waals surface area contributed by atoms with Crippen molar-refractivity contribution in [3.8, 4) is 22.9 Å². The number of anilines is 1. The van der Waals surface area contributed by atoms with Gasteiger partial charge in [0.05, 0.1) is 14.2 Å². The first-order chi connectivity index (χ1) is 15.8. The number of benzene rings is 2. The zero-order valence-electron chi connectivity index (χ0n) is 19.6. The van der Waals surface area contributed by atoms with E-state index in [0.29, 0.717) is 29.7 Å². The highest BCUT2D eigenvalue weighted by Crippen LogP contribution is 2.47. The lowest BCUT2D eigenvalue weighted by atomic mass is 9.73. The molecule has 5 rings (SSSR count). The Kier molecular flexibility index (Phi) is 5.00. The minimum absolute atomic E-state index is 0.113. The third kappa shape index (κ3) is 3.57. The SMILES string of the molecule is COc1ccc(OC)c(C2C3=C(CC(C)(C)CC3=O)Nc3nc(-c4ccccc4C)nn32)c1. The number of hydrogen-bond donors (Lipinski definition) is 1. The zero-order valence-corrected chi connectivity index (χ0v) is 19.6. The molecule has 0 saturated carbocycles. The van der Waals surface area contributed by atoms with Gasteiger partial charge in [0.1, 0.15) is 17.5 Å². The third-order valence-corrected chi connectivity index (χ3v) is 6.45. The van der Waals surface area contributed by atoms with Gasteiger partial charge in [-0.2, -0.15) is 4.98 Å². The van der Waals surface area contributed by atoms with Crippen molar-refractivity contribution in [2.24, 2.45) is 5.41 Å². The Bertz CT molecular complexity index is 1290. The van der Waals surface area contributed by atoms with Gasteiger partial charge in [-0.05, 0) is 42.5 Å². The molecule has 1 aliphatic carbocycles. The molecule has 1 unspecified atom stereocenters. The minimum Gasteiger partial charge on any atom is -0.497 e. The smallest absolute Gasteiger partial charge is 0.226 e. The van der Waals surface area contributed by atoms with E-state index in [1.165, 1.54) is 0 Å². The first-order valence-corrected chi connectivity index (χ1v) is 11.1. The number of aryl methyl sites for hydroxylation is 1. The first-order valence-electron chi connectivity index (χ1n) is 11.1. The summed E-state index contributed by atoms with van der Waals surface area (Å²) < 4.78 is 13.0. The number of carbonyl (C=O) groups excluding carboxylic acids is 1. The fraction of sp³-hybridized carbons (Fsp3) is 0.346. The summed E-state index contributed by atoms with van der Waals surface area (Å²) in [6.45, 7) is 6.28. The molecule has 0 bridgehead atoms. The number of hydrogen-bond acceptors (Lipinski definition) is 6. The van der Waals surface area contributed by atoms with Crippen molar-refractivity contribution in [2.45, 2.75) is 39.7 Å². The van der Waals surface area contributed by atoms with Crippen LogP contribution in [0.5, 0.6) is 11.5 Å². The number of allylic oxidation sites excluding steroid dienone is 2. The maximum atomic E-state index is 13.5. The van der Waals surface area contributed by atoms with Crippen LogP contribution in [-0.4, -0.2) is 34.8 Å². The van der Waals surface area contributed by atoms with E-state index in [4.69, 9.17) is 19.6 Å². The monoisotopic (exact) mass is 444 g/mol. The molecule has 1 atom stereocenters. The highest BCUT2D eigenvalue weighted by molar-refractivity contribution is 6.00. The summed E-state index contributed by atoms with van der Waals surface area (Å²) in [6, 6.07) is 13.2. The molecule has 2 aliphatic rings. The molecule has 7 heteroatoms. The van der Waals surface area contributed by atoms with Gasteiger partial charge < -0.3 is 14.8 Å². The highest BCUT2D eigenvalue weighted by Gasteiger charge is 2.43. The second-order valence-corrected chi connectivity index (χ2v) is 9.49. The van der Waals surface area contributed by atoms with Gasteiger partial charge in [0.2, 0.25) is 5.95 Å². The molecule has 2 aromatic carbocycles. The Labute approximate surface area is 193 Å². The van der Waals surface area contributed by atoms with E-state index in [9.17, 15) is 4.79 Å². The van der Waals surface area contributed by atoms with Gasteiger partial charge >= 0.3 is 0 Å². The number of ketones is 1. The van der Waals surface area contributed by atoms with Crippen molar-refractivity contribution >= 4 is 11.7 Å². The van der Waals surface area contributed by atoms with Gasteiger partial charge in [0, 0.05) is 28.8 Å². The fourth-order valence-electron chi connectivity index (χ4n) is 4.89. The number of nitrogens with zero attached hydrogens (tertiary/aromatic N) is 3. The van der Waals surface area contributed by atoms with Crippen molar-refractivity contribution in [1.82, 2.24) is 14.8 Å². The van der Waals surface area contributed by atoms with Crippen LogP contribution in [0.1, 0.15) is 43.9 Å². The van der Waals surface area contributed by atoms with Crippen LogP contribution in [0.4, 0.5) is 5.95 Å². The van der Waals surface area contributed by atoms with E-state index in [2.05, 4.69) is 19.2 Å². The van der Waals surface area contributed by atoms with Crippen molar-refractivity contribution in [3.05, 3.63) is 64.9 Å². The Hall–Kier alpha value is -3.61. The van der Waals surface area contributed by atoms with Crippen LogP contribution in [0, 0.1) is 12.3 Å². The Morgan fingerprint density at radius 1 is 1.09 bits per heavy atom. The standard InChI is InChI=1S/C26H28N4O3/c1-15-8-6-7-9-17(15)24-28-25-27-19-13-26(2,3)14-20(31)22(19)23(30(25)29-24)18-12-16(32-4)10-11-21(18)33-5/h6-12,23H,13-14H2,1-5H3,(H,27,28,29). The van der Waals surface area contributed by atoms with E-state index in [1.807, 2.05) is 54.1 Å². The largest absolute Gasteiger partial charge is 0.497 e. The van der Waals surface area contributed by atoms with Crippen LogP contribution in [-0.2, 0) is 4.79 Å². The molecule has 7 nitrogen and oxygen atoms in total. The summed E-state index contributed by atoms with van der Waals surface area (Å²) >= 11 is 0. The molecule has 3 aromatic rings. The summed E-state index contributed by atoms with van der Waals surface area (Å²) in [4.78, 5) is 18.3. The molecular weight excluding hydrogens is 416 g/mol. The summed E-state index contributed by atoms with van der Waals surface area (Å²) in [5.41, 5.74) is 4.36. The van der Waals surface area contributed by atoms with Crippen LogP contribution in [0.15, 0.2) is 53.7 Å². The van der Waals surface area contributed by atoms with Gasteiger partial charge in [-0.3, -0.25) is 4.79 Å². The average Bonchev–Trinajstić information content (AvgIpc) is 3.20. The van der Waals surface area contributed by atoms with Gasteiger partial charge in [-0.15, -0.1) is 5.10 Å². The molecule has 33 heavy (non-hydrogen) atoms. The summed E-state index contributed by atoms with van der Waals surface area (Å²) in [7, 11) is 3.26. The second kappa shape index (κ2) is 7.76.